The van der Waals surface area contributed by atoms with Gasteiger partial charge in [-0.2, -0.15) is 0 Å². The van der Waals surface area contributed by atoms with Gasteiger partial charge in [0.05, 0.1) is 5.69 Å². The van der Waals surface area contributed by atoms with Gasteiger partial charge in [0.15, 0.2) is 0 Å². The number of hydrogen-bond acceptors (Lipinski definition) is 1. The molecule has 0 atom stereocenters. The van der Waals surface area contributed by atoms with Crippen LogP contribution in [-0.2, 0) is 12.8 Å². The van der Waals surface area contributed by atoms with Gasteiger partial charge >= 0.3 is 0 Å². The van der Waals surface area contributed by atoms with Crippen LogP contribution in [-0.4, -0.2) is 4.98 Å². The first-order valence-corrected chi connectivity index (χ1v) is 12.1. The quantitative estimate of drug-likeness (QED) is 0.250. The largest absolute Gasteiger partial charge is 0.256 e. The van der Waals surface area contributed by atoms with E-state index in [2.05, 4.69) is 63.2 Å². The summed E-state index contributed by atoms with van der Waals surface area (Å²) in [6.45, 7) is 6.45. The van der Waals surface area contributed by atoms with E-state index in [4.69, 9.17) is 7.73 Å². The lowest BCUT2D eigenvalue weighted by atomic mass is 9.91. The fourth-order valence-electron chi connectivity index (χ4n) is 4.89. The highest BCUT2D eigenvalue weighted by molar-refractivity contribution is 5.75. The summed E-state index contributed by atoms with van der Waals surface area (Å²) in [5.74, 6) is 0. The molecule has 0 N–H and O–H groups in total. The van der Waals surface area contributed by atoms with Crippen LogP contribution in [0.2, 0.25) is 0 Å². The molecule has 4 aromatic carbocycles. The molecule has 5 aromatic rings. The molecule has 0 aliphatic heterocycles. The summed E-state index contributed by atoms with van der Waals surface area (Å²) in [4.78, 5) is 4.72. The van der Waals surface area contributed by atoms with Crippen molar-refractivity contribution in [3.63, 3.8) is 0 Å². The van der Waals surface area contributed by atoms with E-state index in [-0.39, 0.29) is 0 Å². The maximum absolute atomic E-state index is 9.05. The van der Waals surface area contributed by atoms with Crippen LogP contribution < -0.4 is 0 Å². The predicted molar refractivity (Wildman–Crippen MR) is 148 cm³/mol. The Morgan fingerprint density at radius 1 is 0.629 bits per heavy atom. The third kappa shape index (κ3) is 5.25. The van der Waals surface area contributed by atoms with Crippen molar-refractivity contribution < 1.29 is 2.74 Å². The van der Waals surface area contributed by atoms with E-state index in [0.717, 1.165) is 27.9 Å². The molecule has 35 heavy (non-hydrogen) atoms. The minimum atomic E-state index is -1.62. The fourth-order valence-corrected chi connectivity index (χ4v) is 4.89. The third-order valence-electron chi connectivity index (χ3n) is 6.42. The smallest absolute Gasteiger partial charge is 0.0708 e. The van der Waals surface area contributed by atoms with E-state index in [1.54, 1.807) is 0 Å². The van der Waals surface area contributed by atoms with Crippen molar-refractivity contribution in [2.45, 2.75) is 33.6 Å². The summed E-state index contributed by atoms with van der Waals surface area (Å²) in [6, 6.07) is 34.4. The Morgan fingerprint density at radius 2 is 1.29 bits per heavy atom. The highest BCUT2D eigenvalue weighted by atomic mass is 14.7. The Balaban J connectivity index is 1.62. The molecule has 1 nitrogen and oxygen atoms in total. The number of aryl methyl sites for hydroxylation is 3. The van der Waals surface area contributed by atoms with Gasteiger partial charge in [-0.1, -0.05) is 90.5 Å². The van der Waals surface area contributed by atoms with Gasteiger partial charge in [0.2, 0.25) is 0 Å². The van der Waals surface area contributed by atoms with Crippen molar-refractivity contribution >= 4 is 0 Å². The average molecular weight is 456 g/mol. The van der Waals surface area contributed by atoms with E-state index >= 15 is 0 Å². The van der Waals surface area contributed by atoms with E-state index in [1.165, 1.54) is 22.3 Å². The molecular formula is C34H31N. The van der Waals surface area contributed by atoms with E-state index in [9.17, 15) is 0 Å². The SMILES string of the molecule is [2H]C([2H])(c1ccccc1)c1ccc(-c2cc(-c3c(C)cc(C)cc3C)ccn2)cc1Cc1ccccc1. The molecule has 5 rings (SSSR count). The first-order valence-electron chi connectivity index (χ1n) is 13.1. The van der Waals surface area contributed by atoms with Crippen LogP contribution in [0.4, 0.5) is 0 Å². The van der Waals surface area contributed by atoms with Crippen molar-refractivity contribution in [2.24, 2.45) is 0 Å². The molecule has 1 aromatic heterocycles. The summed E-state index contributed by atoms with van der Waals surface area (Å²) in [7, 11) is 0. The Morgan fingerprint density at radius 3 is 1.97 bits per heavy atom. The van der Waals surface area contributed by atoms with Gasteiger partial charge in [0.25, 0.3) is 0 Å². The first kappa shape index (κ1) is 20.4. The Bertz CT molecular complexity index is 1520. The molecule has 0 bridgehead atoms. The van der Waals surface area contributed by atoms with Crippen LogP contribution in [0.1, 0.15) is 41.7 Å². The Hall–Kier alpha value is -3.97. The van der Waals surface area contributed by atoms with E-state index in [0.29, 0.717) is 17.5 Å². The molecular weight excluding hydrogens is 422 g/mol. The van der Waals surface area contributed by atoms with E-state index < -0.39 is 6.37 Å². The van der Waals surface area contributed by atoms with Crippen LogP contribution in [0, 0.1) is 20.8 Å². The minimum absolute atomic E-state index is 0.645. The zero-order chi connectivity index (χ0) is 26.0. The number of nitrogens with zero attached hydrogens (tertiary/aromatic N) is 1. The molecule has 0 unspecified atom stereocenters. The maximum atomic E-state index is 9.05. The molecule has 0 fully saturated rings. The third-order valence-corrected chi connectivity index (χ3v) is 6.42. The van der Waals surface area contributed by atoms with Gasteiger partial charge in [-0.25, -0.2) is 0 Å². The second-order valence-corrected chi connectivity index (χ2v) is 9.23. The lowest BCUT2D eigenvalue weighted by Crippen LogP contribution is -1.99. The number of benzene rings is 4. The summed E-state index contributed by atoms with van der Waals surface area (Å²) in [6.07, 6.45) is 0.902. The zero-order valence-corrected chi connectivity index (χ0v) is 20.5. The molecule has 0 spiro atoms. The molecule has 1 heteroatoms. The number of aromatic nitrogens is 1. The van der Waals surface area contributed by atoms with Crippen molar-refractivity contribution in [3.05, 3.63) is 148 Å². The fraction of sp³-hybridized carbons (Fsp3) is 0.147. The normalized spacial score (nSPS) is 12.2. The molecule has 0 saturated carbocycles. The van der Waals surface area contributed by atoms with Gasteiger partial charge in [-0.05, 0) is 96.3 Å². The second-order valence-electron chi connectivity index (χ2n) is 9.23. The van der Waals surface area contributed by atoms with Crippen LogP contribution in [0.5, 0.6) is 0 Å². The lowest BCUT2D eigenvalue weighted by molar-refractivity contribution is 1.09. The van der Waals surface area contributed by atoms with Gasteiger partial charge in [-0.15, -0.1) is 0 Å². The molecule has 172 valence electrons. The molecule has 0 saturated heterocycles. The summed E-state index contributed by atoms with van der Waals surface area (Å²) in [5.41, 5.74) is 11.5. The van der Waals surface area contributed by atoms with Crippen molar-refractivity contribution in [1.29, 1.82) is 0 Å². The molecule has 0 amide bonds. The zero-order valence-electron chi connectivity index (χ0n) is 22.5. The van der Waals surface area contributed by atoms with Gasteiger partial charge in [-0.3, -0.25) is 4.98 Å². The molecule has 0 aliphatic carbocycles. The minimum Gasteiger partial charge on any atom is -0.256 e. The Kier molecular flexibility index (Phi) is 5.90. The molecule has 0 radical (unpaired) electrons. The topological polar surface area (TPSA) is 12.9 Å². The average Bonchev–Trinajstić information content (AvgIpc) is 2.89. The Labute approximate surface area is 212 Å². The van der Waals surface area contributed by atoms with Gasteiger partial charge < -0.3 is 0 Å². The highest BCUT2D eigenvalue weighted by Gasteiger charge is 2.12. The number of pyridine rings is 1. The van der Waals surface area contributed by atoms with Crippen LogP contribution in [0.3, 0.4) is 0 Å². The van der Waals surface area contributed by atoms with Crippen molar-refractivity contribution in [1.82, 2.24) is 4.98 Å². The lowest BCUT2D eigenvalue weighted by Gasteiger charge is -2.15. The monoisotopic (exact) mass is 455 g/mol. The number of hydrogen-bond donors (Lipinski definition) is 0. The predicted octanol–water partition coefficient (Wildman–Crippen LogP) is 8.52. The second kappa shape index (κ2) is 10.1. The standard InChI is InChI=1S/C34H31N/c1-24-18-25(2)34(26(3)19-24)31-16-17-35-33(23-31)30-15-14-29(20-27-10-6-4-7-11-27)32(22-30)21-28-12-8-5-9-13-28/h4-19,22-23H,20-21H2,1-3H3/i20D2. The summed E-state index contributed by atoms with van der Waals surface area (Å²) < 4.78 is 18.1. The molecule has 1 heterocycles. The summed E-state index contributed by atoms with van der Waals surface area (Å²) in [5, 5.41) is 0. The highest BCUT2D eigenvalue weighted by Crippen LogP contribution is 2.32. The number of rotatable bonds is 6. The van der Waals surface area contributed by atoms with Crippen LogP contribution in [0.15, 0.2) is 109 Å². The summed E-state index contributed by atoms with van der Waals surface area (Å²) >= 11 is 0. The van der Waals surface area contributed by atoms with Gasteiger partial charge in [0, 0.05) is 14.5 Å². The van der Waals surface area contributed by atoms with Crippen LogP contribution in [0.25, 0.3) is 22.4 Å². The van der Waals surface area contributed by atoms with Crippen LogP contribution >= 0.6 is 0 Å². The maximum Gasteiger partial charge on any atom is 0.0708 e. The van der Waals surface area contributed by atoms with Crippen molar-refractivity contribution in [3.8, 4) is 22.4 Å². The molecule has 0 aliphatic rings. The van der Waals surface area contributed by atoms with E-state index in [1.807, 2.05) is 66.9 Å². The first-order chi connectivity index (χ1) is 17.8. The van der Waals surface area contributed by atoms with Crippen molar-refractivity contribution in [2.75, 3.05) is 0 Å². The van der Waals surface area contributed by atoms with Gasteiger partial charge in [0.1, 0.15) is 0 Å².